The number of carbonyl (C=O) groups excluding carboxylic acids is 1. The lowest BCUT2D eigenvalue weighted by molar-refractivity contribution is 0.155. The Balaban J connectivity index is 1.57. The molecule has 0 unspecified atom stereocenters. The fourth-order valence-electron chi connectivity index (χ4n) is 3.36. The van der Waals surface area contributed by atoms with E-state index in [2.05, 4.69) is 54.9 Å². The second kappa shape index (κ2) is 10.6. The largest absolute Gasteiger partial charge is 0.444 e. The molecule has 0 bridgehead atoms. The molecule has 0 saturated carbocycles. The number of nitrogens with one attached hydrogen (secondary N) is 2. The summed E-state index contributed by atoms with van der Waals surface area (Å²) in [7, 11) is 0. The average molecular weight is 420 g/mol. The molecular formula is C25H29N3O3. The van der Waals surface area contributed by atoms with Crippen molar-refractivity contribution in [3.05, 3.63) is 83.9 Å². The Kier molecular flexibility index (Phi) is 7.65. The number of fused-ring (bicyclic) bond motifs is 1. The van der Waals surface area contributed by atoms with E-state index in [9.17, 15) is 4.79 Å². The summed E-state index contributed by atoms with van der Waals surface area (Å²) in [5.74, 6) is 0. The van der Waals surface area contributed by atoms with Crippen LogP contribution in [0.4, 0.5) is 10.5 Å². The van der Waals surface area contributed by atoms with E-state index in [1.165, 1.54) is 10.9 Å². The van der Waals surface area contributed by atoms with Crippen LogP contribution in [0, 0.1) is 0 Å². The molecule has 162 valence electrons. The van der Waals surface area contributed by atoms with Crippen LogP contribution in [0.15, 0.2) is 67.2 Å². The monoisotopic (exact) mass is 419 g/mol. The zero-order chi connectivity index (χ0) is 22.2. The molecule has 0 atom stereocenters. The van der Waals surface area contributed by atoms with Crippen molar-refractivity contribution in [2.24, 2.45) is 0 Å². The molecule has 1 amide bonds. The zero-order valence-electron chi connectivity index (χ0n) is 18.0. The van der Waals surface area contributed by atoms with E-state index in [1.54, 1.807) is 24.3 Å². The van der Waals surface area contributed by atoms with Gasteiger partial charge in [-0.2, -0.15) is 0 Å². The van der Waals surface area contributed by atoms with Crippen molar-refractivity contribution in [2.75, 3.05) is 18.4 Å². The van der Waals surface area contributed by atoms with Crippen LogP contribution in [-0.4, -0.2) is 29.3 Å². The molecule has 0 heterocycles. The molecule has 0 saturated heterocycles. The number of benzene rings is 3. The van der Waals surface area contributed by atoms with Gasteiger partial charge < -0.3 is 4.74 Å². The van der Waals surface area contributed by atoms with Crippen LogP contribution in [0.2, 0.25) is 0 Å². The van der Waals surface area contributed by atoms with E-state index in [0.717, 1.165) is 36.1 Å². The molecule has 3 rings (SSSR count). The smallest absolute Gasteiger partial charge is 0.411 e. The maximum atomic E-state index is 12.1. The average Bonchev–Trinajstić information content (AvgIpc) is 2.81. The van der Waals surface area contributed by atoms with Gasteiger partial charge in [-0.3, -0.25) is 20.9 Å². The van der Waals surface area contributed by atoms with Crippen molar-refractivity contribution in [1.29, 1.82) is 0 Å². The molecule has 3 aromatic carbocycles. The molecule has 0 aliphatic rings. The van der Waals surface area contributed by atoms with E-state index in [0.29, 0.717) is 11.4 Å². The minimum atomic E-state index is -0.526. The molecule has 0 aromatic heterocycles. The highest BCUT2D eigenvalue weighted by Crippen LogP contribution is 2.20. The summed E-state index contributed by atoms with van der Waals surface area (Å²) in [6.07, 6.45) is -0.526. The first-order valence-electron chi connectivity index (χ1n) is 10.4. The predicted molar refractivity (Wildman–Crippen MR) is 125 cm³/mol. The molecule has 31 heavy (non-hydrogen) atoms. The fraction of sp³-hybridized carbons (Fsp3) is 0.240. The molecule has 3 aromatic rings. The minimum absolute atomic E-state index is 0.187. The van der Waals surface area contributed by atoms with Gasteiger partial charge in [-0.15, -0.1) is 0 Å². The van der Waals surface area contributed by atoms with E-state index in [4.69, 9.17) is 9.94 Å². The Hall–Kier alpha value is -3.35. The van der Waals surface area contributed by atoms with Gasteiger partial charge in [-0.25, -0.2) is 4.79 Å². The van der Waals surface area contributed by atoms with Gasteiger partial charge in [0.1, 0.15) is 6.61 Å². The first kappa shape index (κ1) is 22.3. The second-order valence-electron chi connectivity index (χ2n) is 7.35. The third-order valence-corrected chi connectivity index (χ3v) is 5.25. The number of hydroxylamine groups is 1. The van der Waals surface area contributed by atoms with Crippen molar-refractivity contribution in [2.45, 2.75) is 27.0 Å². The van der Waals surface area contributed by atoms with Crippen molar-refractivity contribution in [3.63, 3.8) is 0 Å². The summed E-state index contributed by atoms with van der Waals surface area (Å²) in [5.41, 5.74) is 5.92. The Labute approximate surface area is 183 Å². The third kappa shape index (κ3) is 6.07. The highest BCUT2D eigenvalue weighted by molar-refractivity contribution is 5.85. The van der Waals surface area contributed by atoms with Gasteiger partial charge in [-0.05, 0) is 64.8 Å². The zero-order valence-corrected chi connectivity index (χ0v) is 18.0. The molecule has 6 nitrogen and oxygen atoms in total. The van der Waals surface area contributed by atoms with Crippen LogP contribution in [0.5, 0.6) is 0 Å². The summed E-state index contributed by atoms with van der Waals surface area (Å²) < 4.78 is 5.36. The molecule has 0 aliphatic carbocycles. The van der Waals surface area contributed by atoms with Crippen LogP contribution in [0.25, 0.3) is 16.5 Å². The first-order valence-corrected chi connectivity index (χ1v) is 10.4. The van der Waals surface area contributed by atoms with Gasteiger partial charge in [0.05, 0.1) is 5.70 Å². The van der Waals surface area contributed by atoms with Crippen molar-refractivity contribution >= 4 is 28.3 Å². The molecule has 0 spiro atoms. The number of hydrogen-bond acceptors (Lipinski definition) is 5. The Morgan fingerprint density at radius 1 is 0.968 bits per heavy atom. The lowest BCUT2D eigenvalue weighted by atomic mass is 10.0. The Morgan fingerprint density at radius 2 is 1.58 bits per heavy atom. The highest BCUT2D eigenvalue weighted by Gasteiger charge is 2.07. The van der Waals surface area contributed by atoms with Crippen LogP contribution >= 0.6 is 0 Å². The number of carbonyl (C=O) groups is 1. The number of rotatable bonds is 9. The normalized spacial score (nSPS) is 10.8. The molecule has 0 radical (unpaired) electrons. The lowest BCUT2D eigenvalue weighted by Crippen LogP contribution is -2.21. The number of ether oxygens (including phenoxy) is 1. The van der Waals surface area contributed by atoms with Crippen LogP contribution in [0.3, 0.4) is 0 Å². The number of hydrogen-bond donors (Lipinski definition) is 3. The van der Waals surface area contributed by atoms with E-state index >= 15 is 0 Å². The van der Waals surface area contributed by atoms with Crippen molar-refractivity contribution in [1.82, 2.24) is 10.4 Å². The van der Waals surface area contributed by atoms with Gasteiger partial charge in [0, 0.05) is 12.2 Å². The van der Waals surface area contributed by atoms with E-state index in [1.807, 2.05) is 17.6 Å². The number of anilines is 1. The van der Waals surface area contributed by atoms with E-state index < -0.39 is 6.09 Å². The summed E-state index contributed by atoms with van der Waals surface area (Å²) >= 11 is 0. The molecule has 0 aliphatic heterocycles. The lowest BCUT2D eigenvalue weighted by Gasteiger charge is -2.18. The van der Waals surface area contributed by atoms with Crippen LogP contribution in [-0.2, 0) is 17.9 Å². The third-order valence-electron chi connectivity index (χ3n) is 5.25. The number of nitrogens with zero attached hydrogens (tertiary/aromatic N) is 1. The maximum absolute atomic E-state index is 12.1. The molecule has 3 N–H and O–H groups in total. The SMILES string of the molecule is C=C(NO)c1ccc(NC(=O)OCc2ccc3cc(CN(CC)CC)ccc3c2)cc1. The maximum Gasteiger partial charge on any atom is 0.411 e. The van der Waals surface area contributed by atoms with Gasteiger partial charge >= 0.3 is 6.09 Å². The summed E-state index contributed by atoms with van der Waals surface area (Å²) in [6.45, 7) is 11.2. The van der Waals surface area contributed by atoms with Crippen LogP contribution < -0.4 is 10.8 Å². The van der Waals surface area contributed by atoms with E-state index in [-0.39, 0.29) is 6.61 Å². The van der Waals surface area contributed by atoms with Crippen molar-refractivity contribution in [3.8, 4) is 0 Å². The van der Waals surface area contributed by atoms with Gasteiger partial charge in [0.2, 0.25) is 0 Å². The fourth-order valence-corrected chi connectivity index (χ4v) is 3.36. The van der Waals surface area contributed by atoms with Gasteiger partial charge in [0.25, 0.3) is 0 Å². The Bertz CT molecular complexity index is 1040. The summed E-state index contributed by atoms with van der Waals surface area (Å²) in [6, 6.07) is 19.5. The summed E-state index contributed by atoms with van der Waals surface area (Å²) in [4.78, 5) is 14.5. The summed E-state index contributed by atoms with van der Waals surface area (Å²) in [5, 5.41) is 13.9. The quantitative estimate of drug-likeness (QED) is 0.406. The predicted octanol–water partition coefficient (Wildman–Crippen LogP) is 5.38. The topological polar surface area (TPSA) is 73.8 Å². The standard InChI is InChI=1S/C25H29N3O3/c1-4-28(5-2)16-19-6-8-23-15-20(7-9-22(23)14-19)17-31-25(29)26-24-12-10-21(11-13-24)18(3)27-30/h6-15,27,30H,3-5,16-17H2,1-2H3,(H,26,29). The van der Waals surface area contributed by atoms with Gasteiger partial charge in [0.15, 0.2) is 0 Å². The molecule has 0 fully saturated rings. The first-order chi connectivity index (χ1) is 15.0. The molecule has 6 heteroatoms. The molecular weight excluding hydrogens is 390 g/mol. The Morgan fingerprint density at radius 3 is 2.19 bits per heavy atom. The van der Waals surface area contributed by atoms with Gasteiger partial charge in [-0.1, -0.05) is 56.8 Å². The van der Waals surface area contributed by atoms with Crippen molar-refractivity contribution < 1.29 is 14.7 Å². The highest BCUT2D eigenvalue weighted by atomic mass is 16.5. The minimum Gasteiger partial charge on any atom is -0.444 e. The number of amides is 1. The van der Waals surface area contributed by atoms with Crippen LogP contribution in [0.1, 0.15) is 30.5 Å². The second-order valence-corrected chi connectivity index (χ2v) is 7.35.